The number of hydrogen-bond acceptors (Lipinski definition) is 1. The van der Waals surface area contributed by atoms with Crippen molar-refractivity contribution in [2.75, 3.05) is 0 Å². The maximum absolute atomic E-state index is 7.10. The molecule has 0 N–H and O–H groups in total. The predicted octanol–water partition coefficient (Wildman–Crippen LogP) is 22.9. The lowest BCUT2D eigenvalue weighted by molar-refractivity contribution is 0.670. The summed E-state index contributed by atoms with van der Waals surface area (Å²) in [6.07, 6.45) is 4.37. The van der Waals surface area contributed by atoms with Crippen LogP contribution in [0.1, 0.15) is 38.8 Å². The number of furan rings is 1. The number of allylic oxidation sites excluding steroid dienone is 2. The van der Waals surface area contributed by atoms with Gasteiger partial charge in [-0.05, 0) is 161 Å². The van der Waals surface area contributed by atoms with Gasteiger partial charge in [-0.2, -0.15) is 0 Å². The van der Waals surface area contributed by atoms with Crippen molar-refractivity contribution in [3.8, 4) is 61.6 Å². The molecule has 0 saturated carbocycles. The van der Waals surface area contributed by atoms with Gasteiger partial charge >= 0.3 is 0 Å². The summed E-state index contributed by atoms with van der Waals surface area (Å²) in [4.78, 5) is 0. The normalized spacial score (nSPS) is 11.6. The minimum atomic E-state index is 0.859. The standard InChI is InChI=1S/C73H45N3O.2C3H6.C2H6/c1-7-28-66-55(20-1)56-21-2-8-29-67(56)74(66)50-19-14-16-45(39-50)46-35-37-72-64(40-46)65-44-52(76-70-32-11-5-24-59(70)60-25-6-12-33-71(60)76)43-62(73(65)77-72)48-18-13-17-47(38-48)53-26-15-27-54-61-42-51(36-34-49(61)41-63(53)54)75-68-30-9-3-22-57(68)58-23-4-10-31-69(58)75;2*1-3-2;1-2/h1-40,42-44H,41H2;2*3H,1H2,2H3;1-2H3. The van der Waals surface area contributed by atoms with E-state index in [2.05, 4.69) is 288 Å². The van der Waals surface area contributed by atoms with Crippen LogP contribution in [0.25, 0.3) is 149 Å². The summed E-state index contributed by atoms with van der Waals surface area (Å²) in [6, 6.07) is 95.9. The molecule has 4 aromatic heterocycles. The average Bonchev–Trinajstić information content (AvgIpc) is 4.57. The molecule has 0 radical (unpaired) electrons. The Morgan fingerprint density at radius 1 is 0.318 bits per heavy atom. The first-order valence-corrected chi connectivity index (χ1v) is 29.6. The molecule has 1 aliphatic carbocycles. The number of nitrogens with zero attached hydrogens (tertiary/aromatic N) is 3. The smallest absolute Gasteiger partial charge is 0.143 e. The van der Waals surface area contributed by atoms with Crippen LogP contribution in [0.4, 0.5) is 0 Å². The van der Waals surface area contributed by atoms with Crippen molar-refractivity contribution in [3.05, 3.63) is 297 Å². The maximum Gasteiger partial charge on any atom is 0.143 e. The molecule has 0 atom stereocenters. The molecule has 17 rings (SSSR count). The van der Waals surface area contributed by atoms with Gasteiger partial charge in [0.05, 0.1) is 33.1 Å². The number of rotatable bonds is 6. The largest absolute Gasteiger partial charge is 0.455 e. The van der Waals surface area contributed by atoms with Gasteiger partial charge in [0, 0.05) is 65.7 Å². The summed E-state index contributed by atoms with van der Waals surface area (Å²) in [5, 5.41) is 9.68. The van der Waals surface area contributed by atoms with Gasteiger partial charge in [0.1, 0.15) is 11.2 Å². The van der Waals surface area contributed by atoms with E-state index in [-0.39, 0.29) is 0 Å². The van der Waals surface area contributed by atoms with Gasteiger partial charge in [-0.25, -0.2) is 0 Å². The van der Waals surface area contributed by atoms with Gasteiger partial charge in [-0.15, -0.1) is 13.2 Å². The molecule has 408 valence electrons. The van der Waals surface area contributed by atoms with E-state index in [0.29, 0.717) is 0 Å². The Balaban J connectivity index is 0.000000763. The number of fused-ring (bicyclic) bond motifs is 15. The van der Waals surface area contributed by atoms with Crippen LogP contribution in [-0.2, 0) is 6.42 Å². The summed E-state index contributed by atoms with van der Waals surface area (Å²) in [5.74, 6) is 0. The van der Waals surface area contributed by atoms with Crippen LogP contribution in [0.5, 0.6) is 0 Å². The van der Waals surface area contributed by atoms with Gasteiger partial charge in [0.15, 0.2) is 0 Å². The fourth-order valence-electron chi connectivity index (χ4n) is 13.3. The van der Waals surface area contributed by atoms with Gasteiger partial charge < -0.3 is 18.1 Å². The molecule has 0 bridgehead atoms. The minimum Gasteiger partial charge on any atom is -0.455 e. The summed E-state index contributed by atoms with van der Waals surface area (Å²) in [5.41, 5.74) is 24.5. The molecule has 0 aliphatic heterocycles. The number of aromatic nitrogens is 3. The molecule has 0 unspecified atom stereocenters. The second-order valence-electron chi connectivity index (χ2n) is 21.6. The molecule has 4 heterocycles. The van der Waals surface area contributed by atoms with Crippen LogP contribution in [0, 0.1) is 0 Å². The van der Waals surface area contributed by atoms with E-state index < -0.39 is 0 Å². The second-order valence-corrected chi connectivity index (χ2v) is 21.6. The van der Waals surface area contributed by atoms with Gasteiger partial charge in [-0.1, -0.05) is 196 Å². The van der Waals surface area contributed by atoms with Crippen LogP contribution in [0.2, 0.25) is 0 Å². The molecule has 0 fully saturated rings. The molecule has 1 aliphatic rings. The highest BCUT2D eigenvalue weighted by Gasteiger charge is 2.25. The highest BCUT2D eigenvalue weighted by molar-refractivity contribution is 6.15. The Morgan fingerprint density at radius 3 is 1.26 bits per heavy atom. The highest BCUT2D eigenvalue weighted by atomic mass is 16.3. The van der Waals surface area contributed by atoms with Crippen molar-refractivity contribution in [2.45, 2.75) is 34.1 Å². The zero-order valence-electron chi connectivity index (χ0n) is 48.4. The molecular formula is C81H63N3O. The van der Waals surface area contributed by atoms with Crippen molar-refractivity contribution in [2.24, 2.45) is 0 Å². The van der Waals surface area contributed by atoms with Crippen LogP contribution >= 0.6 is 0 Å². The van der Waals surface area contributed by atoms with Crippen molar-refractivity contribution in [3.63, 3.8) is 0 Å². The minimum absolute atomic E-state index is 0.859. The van der Waals surface area contributed by atoms with Crippen molar-refractivity contribution in [1.29, 1.82) is 0 Å². The fraction of sp³-hybridized carbons (Fsp3) is 0.0617. The summed E-state index contributed by atoms with van der Waals surface area (Å²) in [7, 11) is 0. The zero-order valence-corrected chi connectivity index (χ0v) is 48.4. The van der Waals surface area contributed by atoms with Gasteiger partial charge in [0.2, 0.25) is 0 Å². The quantitative estimate of drug-likeness (QED) is 0.153. The molecule has 0 saturated heterocycles. The lowest BCUT2D eigenvalue weighted by atomic mass is 9.92. The average molecular weight is 1090 g/mol. The summed E-state index contributed by atoms with van der Waals surface area (Å²) < 4.78 is 14.4. The van der Waals surface area contributed by atoms with E-state index in [1.165, 1.54) is 104 Å². The first-order chi connectivity index (χ1) is 42.0. The Labute approximate surface area is 495 Å². The Morgan fingerprint density at radius 2 is 0.729 bits per heavy atom. The summed E-state index contributed by atoms with van der Waals surface area (Å²) in [6.45, 7) is 14.5. The topological polar surface area (TPSA) is 27.9 Å². The molecule has 85 heavy (non-hydrogen) atoms. The molecule has 12 aromatic carbocycles. The van der Waals surface area contributed by atoms with Crippen molar-refractivity contribution in [1.82, 2.24) is 13.7 Å². The molecule has 0 spiro atoms. The predicted molar refractivity (Wildman–Crippen MR) is 364 cm³/mol. The van der Waals surface area contributed by atoms with Crippen molar-refractivity contribution < 1.29 is 4.42 Å². The lowest BCUT2D eigenvalue weighted by Crippen LogP contribution is -1.95. The Kier molecular flexibility index (Phi) is 13.5. The number of benzene rings is 12. The molecule has 4 heteroatoms. The van der Waals surface area contributed by atoms with E-state index in [4.69, 9.17) is 4.42 Å². The van der Waals surface area contributed by atoms with Gasteiger partial charge in [-0.3, -0.25) is 0 Å². The monoisotopic (exact) mass is 1090 g/mol. The molecule has 16 aromatic rings. The first-order valence-electron chi connectivity index (χ1n) is 29.6. The number of hydrogen-bond donors (Lipinski definition) is 0. The summed E-state index contributed by atoms with van der Waals surface area (Å²) >= 11 is 0. The third-order valence-electron chi connectivity index (χ3n) is 16.7. The van der Waals surface area contributed by atoms with Crippen LogP contribution in [-0.4, -0.2) is 13.7 Å². The van der Waals surface area contributed by atoms with Crippen molar-refractivity contribution >= 4 is 87.4 Å². The third-order valence-corrected chi connectivity index (χ3v) is 16.7. The van der Waals surface area contributed by atoms with Crippen LogP contribution in [0.3, 0.4) is 0 Å². The first kappa shape index (κ1) is 52.4. The zero-order chi connectivity index (χ0) is 57.7. The van der Waals surface area contributed by atoms with E-state index in [1.807, 2.05) is 27.7 Å². The van der Waals surface area contributed by atoms with E-state index >= 15 is 0 Å². The van der Waals surface area contributed by atoms with E-state index in [1.54, 1.807) is 12.2 Å². The molecular weight excluding hydrogens is 1030 g/mol. The third kappa shape index (κ3) is 8.68. The molecule has 0 amide bonds. The highest BCUT2D eigenvalue weighted by Crippen LogP contribution is 2.46. The number of para-hydroxylation sites is 6. The second kappa shape index (κ2) is 21.9. The van der Waals surface area contributed by atoms with E-state index in [0.717, 1.165) is 62.0 Å². The SMILES string of the molecule is C=CC.C=CC.CC.c1cc(-c2cccc3c2Cc2ccc(-n4c5ccccc5c5ccccc54)cc2-3)cc(-c2cc(-n3c4ccccc4c4ccccc43)cc3c2oc2ccc(-c4cccc(-n5c6ccccc6c6ccccc65)c4)cc23)c1. The lowest BCUT2D eigenvalue weighted by Gasteiger charge is -2.14. The fourth-order valence-corrected chi connectivity index (χ4v) is 13.3. The maximum atomic E-state index is 7.10. The van der Waals surface area contributed by atoms with E-state index in [9.17, 15) is 0 Å². The molecule has 4 nitrogen and oxygen atoms in total. The van der Waals surface area contributed by atoms with Crippen LogP contribution < -0.4 is 0 Å². The Bertz CT molecular complexity index is 5100. The van der Waals surface area contributed by atoms with Gasteiger partial charge in [0.25, 0.3) is 0 Å². The Hall–Kier alpha value is -10.7. The van der Waals surface area contributed by atoms with Crippen LogP contribution in [0.15, 0.2) is 291 Å².